The maximum Gasteiger partial charge on any atom is 0.137 e. The smallest absolute Gasteiger partial charge is 0.137 e. The van der Waals surface area contributed by atoms with Gasteiger partial charge in [0, 0.05) is 88.3 Å². The van der Waals surface area contributed by atoms with Crippen molar-refractivity contribution < 1.29 is 4.42 Å². The van der Waals surface area contributed by atoms with Crippen LogP contribution in [0, 0.1) is 0 Å². The Morgan fingerprint density at radius 1 is 0.221 bits per heavy atom. The Morgan fingerprint density at radius 3 is 1.01 bits per heavy atom. The molecule has 7 nitrogen and oxygen atoms in total. The quantitative estimate of drug-likeness (QED) is 0.122. The van der Waals surface area contributed by atoms with Crippen molar-refractivity contribution in [2.45, 2.75) is 19.3 Å². The molecule has 0 radical (unpaired) electrons. The van der Waals surface area contributed by atoms with Gasteiger partial charge in [0.2, 0.25) is 0 Å². The molecule has 0 aliphatic heterocycles. The molecule has 122 heavy (non-hydrogen) atoms. The van der Waals surface area contributed by atoms with Gasteiger partial charge in [-0.15, -0.1) is 11.3 Å². The van der Waals surface area contributed by atoms with E-state index in [1.54, 1.807) is 0 Å². The summed E-state index contributed by atoms with van der Waals surface area (Å²) in [7, 11) is 0. The molecule has 24 rings (SSSR count). The highest BCUT2D eigenvalue weighted by atomic mass is 32.1. The summed E-state index contributed by atoms with van der Waals surface area (Å²) in [6, 6.07) is 149. The number of para-hydroxylation sites is 1. The van der Waals surface area contributed by atoms with Crippen LogP contribution in [0.25, 0.3) is 204 Å². The summed E-state index contributed by atoms with van der Waals surface area (Å²) >= 11 is 1.86. The summed E-state index contributed by atoms with van der Waals surface area (Å²) < 4.78 is 15.4. The fourth-order valence-corrected chi connectivity index (χ4v) is 19.2. The van der Waals surface area contributed by atoms with Crippen molar-refractivity contribution in [1.82, 2.24) is 28.2 Å². The first-order valence-corrected chi connectivity index (χ1v) is 42.3. The molecule has 8 heteroatoms. The Bertz CT molecular complexity index is 7620. The predicted octanol–water partition coefficient (Wildman–Crippen LogP) is 30.6. The van der Waals surface area contributed by atoms with E-state index in [1.807, 2.05) is 59.9 Å². The Morgan fingerprint density at radius 2 is 0.541 bits per heavy atom. The topological polar surface area (TPSA) is 65.0 Å². The molecular formula is C114H78N6OS. The van der Waals surface area contributed by atoms with Gasteiger partial charge in [0.1, 0.15) is 28.1 Å². The van der Waals surface area contributed by atoms with Crippen LogP contribution in [0.1, 0.15) is 25.0 Å². The van der Waals surface area contributed by atoms with Gasteiger partial charge >= 0.3 is 0 Å². The van der Waals surface area contributed by atoms with E-state index in [0.717, 1.165) is 123 Å². The number of aromatic nitrogens is 6. The van der Waals surface area contributed by atoms with Crippen molar-refractivity contribution in [2.75, 3.05) is 0 Å². The molecule has 576 valence electrons. The van der Waals surface area contributed by atoms with E-state index >= 15 is 0 Å². The molecule has 0 atom stereocenters. The number of pyridine rings is 3. The van der Waals surface area contributed by atoms with Gasteiger partial charge in [-0.2, -0.15) is 0 Å². The zero-order chi connectivity index (χ0) is 81.2. The molecule has 8 heterocycles. The molecule has 0 N–H and O–H groups in total. The van der Waals surface area contributed by atoms with E-state index in [1.165, 1.54) is 92.5 Å². The molecule has 0 amide bonds. The lowest BCUT2D eigenvalue weighted by Crippen LogP contribution is -2.14. The zero-order valence-corrected chi connectivity index (χ0v) is 67.9. The number of benzene rings is 15. The van der Waals surface area contributed by atoms with Crippen LogP contribution in [0.2, 0.25) is 0 Å². The average molecular weight is 1580 g/mol. The molecule has 0 saturated carbocycles. The van der Waals surface area contributed by atoms with E-state index in [2.05, 4.69) is 416 Å². The third kappa shape index (κ3) is 13.3. The van der Waals surface area contributed by atoms with Crippen LogP contribution in [0.5, 0.6) is 0 Å². The third-order valence-corrected chi connectivity index (χ3v) is 25.2. The highest BCUT2D eigenvalue weighted by Gasteiger charge is 2.35. The van der Waals surface area contributed by atoms with E-state index in [4.69, 9.17) is 19.4 Å². The summed E-state index contributed by atoms with van der Waals surface area (Å²) in [5.41, 5.74) is 37.5. The van der Waals surface area contributed by atoms with Gasteiger partial charge < -0.3 is 4.42 Å². The van der Waals surface area contributed by atoms with Crippen LogP contribution in [-0.4, -0.2) is 28.2 Å². The van der Waals surface area contributed by atoms with E-state index in [0.29, 0.717) is 0 Å². The number of imidazole rings is 3. The monoisotopic (exact) mass is 1580 g/mol. The number of nitrogens with zero attached hydrogens (tertiary/aromatic N) is 6. The molecule has 0 fully saturated rings. The molecule has 8 aromatic heterocycles. The SMILES string of the molecule is CC1(C)c2ccccc2-c2ccc(-c3cccc(-c4cccc(-c5c(-c6ccccc6)nc6ccccn56)c4)c3)cc21.c1ccc(-c2nc3ccccn3c2-c2cccc(-c3cccc(-c4ccc5c(c4)oc4ccccc45)c3)c2)cc1.c1ccc(-c2nc3ccccn3c2-c2cccc(-c3cccc(-c4ccc5c(c4)sc4ccccc45)c3)c2)cc1. The van der Waals surface area contributed by atoms with Gasteiger partial charge in [0.25, 0.3) is 0 Å². The van der Waals surface area contributed by atoms with Crippen LogP contribution in [0.15, 0.2) is 442 Å². The Hall–Kier alpha value is -15.6. The van der Waals surface area contributed by atoms with Crippen LogP contribution in [0.4, 0.5) is 0 Å². The summed E-state index contributed by atoms with van der Waals surface area (Å²) in [5, 5.41) is 4.96. The van der Waals surface area contributed by atoms with Gasteiger partial charge in [-0.3, -0.25) is 13.2 Å². The van der Waals surface area contributed by atoms with Crippen molar-refractivity contribution in [3.05, 3.63) is 448 Å². The van der Waals surface area contributed by atoms with Crippen LogP contribution in [0.3, 0.4) is 0 Å². The van der Waals surface area contributed by atoms with Crippen molar-refractivity contribution >= 4 is 70.4 Å². The Labute approximate surface area is 711 Å². The maximum absolute atomic E-state index is 6.16. The number of hydrogen-bond donors (Lipinski definition) is 0. The van der Waals surface area contributed by atoms with E-state index in [9.17, 15) is 0 Å². The Kier molecular flexibility index (Phi) is 18.3. The second-order valence-corrected chi connectivity index (χ2v) is 32.9. The van der Waals surface area contributed by atoms with Gasteiger partial charge in [-0.1, -0.05) is 323 Å². The minimum Gasteiger partial charge on any atom is -0.456 e. The second-order valence-electron chi connectivity index (χ2n) is 31.8. The molecule has 15 aromatic carbocycles. The number of furan rings is 1. The molecule has 1 aliphatic carbocycles. The van der Waals surface area contributed by atoms with E-state index < -0.39 is 0 Å². The summed E-state index contributed by atoms with van der Waals surface area (Å²) in [6.45, 7) is 4.68. The number of fused-ring (bicyclic) bond motifs is 12. The third-order valence-electron chi connectivity index (χ3n) is 24.1. The standard InChI is InChI=1S/C40H30N2.C37H24N2O.C37H24N2S/c1-40(2)35-19-7-6-18-33(35)34-22-21-31(26-36(34)40)29-15-10-14-28(24-29)30-16-11-17-32(25-30)39-38(27-12-4-3-5-13-27)41-37-20-8-9-23-42(37)39;2*1-2-10-25(11-3-1)36-37(39-21-7-6-18-35(39)38-36)30-15-9-14-28(23-30)26-12-8-13-27(22-26)29-19-20-32-31-16-4-5-17-33(31)40-34(32)24-29/h3-26H,1-2H3;2*1-24H. The lowest BCUT2D eigenvalue weighted by molar-refractivity contribution is 0.660. The number of thiophene rings is 1. The lowest BCUT2D eigenvalue weighted by Gasteiger charge is -2.22. The van der Waals surface area contributed by atoms with Crippen molar-refractivity contribution in [2.24, 2.45) is 0 Å². The normalized spacial score (nSPS) is 12.1. The first kappa shape index (κ1) is 72.8. The van der Waals surface area contributed by atoms with E-state index in [-0.39, 0.29) is 5.41 Å². The predicted molar refractivity (Wildman–Crippen MR) is 509 cm³/mol. The molecule has 0 spiro atoms. The molecule has 0 bridgehead atoms. The highest BCUT2D eigenvalue weighted by molar-refractivity contribution is 7.25. The lowest BCUT2D eigenvalue weighted by atomic mass is 9.81. The highest BCUT2D eigenvalue weighted by Crippen LogP contribution is 2.51. The minimum absolute atomic E-state index is 0.0155. The van der Waals surface area contributed by atoms with Gasteiger partial charge in [0.05, 0.1) is 34.2 Å². The van der Waals surface area contributed by atoms with Crippen molar-refractivity contribution in [1.29, 1.82) is 0 Å². The fourth-order valence-electron chi connectivity index (χ4n) is 18.1. The van der Waals surface area contributed by atoms with Crippen LogP contribution in [-0.2, 0) is 5.41 Å². The first-order valence-electron chi connectivity index (χ1n) is 41.5. The van der Waals surface area contributed by atoms with Crippen LogP contribution >= 0.6 is 11.3 Å². The fraction of sp³-hybridized carbons (Fsp3) is 0.0263. The molecular weight excluding hydrogens is 1500 g/mol. The second kappa shape index (κ2) is 30.7. The van der Waals surface area contributed by atoms with Crippen molar-refractivity contribution in [3.63, 3.8) is 0 Å². The number of rotatable bonds is 12. The molecule has 1 aliphatic rings. The van der Waals surface area contributed by atoms with Crippen LogP contribution < -0.4 is 0 Å². The summed E-state index contributed by atoms with van der Waals surface area (Å²) in [6.07, 6.45) is 6.29. The van der Waals surface area contributed by atoms with Crippen molar-refractivity contribution in [3.8, 4) is 145 Å². The molecule has 23 aromatic rings. The zero-order valence-electron chi connectivity index (χ0n) is 67.1. The minimum atomic E-state index is -0.0155. The van der Waals surface area contributed by atoms with Gasteiger partial charge in [0.15, 0.2) is 0 Å². The molecule has 0 unspecified atom stereocenters. The largest absolute Gasteiger partial charge is 0.456 e. The van der Waals surface area contributed by atoms with Gasteiger partial charge in [-0.25, -0.2) is 15.0 Å². The summed E-state index contributed by atoms with van der Waals surface area (Å²) in [4.78, 5) is 15.1. The Balaban J connectivity index is 0.000000109. The average Bonchev–Trinajstić information content (AvgIpc) is 1.59. The first-order chi connectivity index (χ1) is 60.2. The summed E-state index contributed by atoms with van der Waals surface area (Å²) in [5.74, 6) is 0. The number of hydrogen-bond acceptors (Lipinski definition) is 5. The maximum atomic E-state index is 6.16. The van der Waals surface area contributed by atoms with Gasteiger partial charge in [-0.05, 0) is 198 Å². The molecule has 0 saturated heterocycles.